The van der Waals surface area contributed by atoms with Crippen LogP contribution in [0.25, 0.3) is 5.57 Å². The van der Waals surface area contributed by atoms with Crippen molar-refractivity contribution in [3.63, 3.8) is 0 Å². The van der Waals surface area contributed by atoms with Gasteiger partial charge in [0.25, 0.3) is 0 Å². The van der Waals surface area contributed by atoms with Gasteiger partial charge in [0.05, 0.1) is 7.11 Å². The number of rotatable bonds is 6. The van der Waals surface area contributed by atoms with Gasteiger partial charge in [0, 0.05) is 16.7 Å². The highest BCUT2D eigenvalue weighted by Gasteiger charge is 2.25. The van der Waals surface area contributed by atoms with Gasteiger partial charge in [0.15, 0.2) is 11.6 Å². The number of benzene rings is 2. The monoisotopic (exact) mass is 437 g/mol. The van der Waals surface area contributed by atoms with Crippen molar-refractivity contribution < 1.29 is 28.7 Å². The Labute approximate surface area is 187 Å². The Balaban J connectivity index is 2.71. The second-order valence-corrected chi connectivity index (χ2v) is 8.14. The van der Waals surface area contributed by atoms with Gasteiger partial charge in [-0.15, -0.1) is 0 Å². The summed E-state index contributed by atoms with van der Waals surface area (Å²) in [5, 5.41) is 2.51. The van der Waals surface area contributed by atoms with Crippen LogP contribution in [0.1, 0.15) is 66.5 Å². The Morgan fingerprint density at radius 1 is 0.719 bits per heavy atom. The highest BCUT2D eigenvalue weighted by atomic mass is 16.6. The fraction of sp³-hybridized carbons (Fsp3) is 0.280. The van der Waals surface area contributed by atoms with E-state index >= 15 is 0 Å². The number of carbonyl (C=O) groups is 4. The number of ether oxygens (including phenoxy) is 2. The molecule has 7 heteroatoms. The summed E-state index contributed by atoms with van der Waals surface area (Å²) in [5.74, 6) is -0.988. The molecule has 168 valence electrons. The van der Waals surface area contributed by atoms with Crippen LogP contribution in [-0.4, -0.2) is 36.3 Å². The fourth-order valence-corrected chi connectivity index (χ4v) is 2.92. The van der Waals surface area contributed by atoms with Crippen molar-refractivity contribution in [3.05, 3.63) is 76.5 Å². The number of hydrogen-bond donors (Lipinski definition) is 1. The van der Waals surface area contributed by atoms with E-state index in [9.17, 15) is 19.2 Å². The van der Waals surface area contributed by atoms with Gasteiger partial charge in [-0.2, -0.15) is 0 Å². The fourth-order valence-electron chi connectivity index (χ4n) is 2.92. The van der Waals surface area contributed by atoms with Crippen LogP contribution in [0, 0.1) is 0 Å². The quantitative estimate of drug-likeness (QED) is 0.404. The molecule has 1 N–H and O–H groups in total. The summed E-state index contributed by atoms with van der Waals surface area (Å²) in [6.45, 7) is 8.02. The van der Waals surface area contributed by atoms with Gasteiger partial charge in [-0.05, 0) is 45.7 Å². The van der Waals surface area contributed by atoms with E-state index in [2.05, 4.69) is 5.32 Å². The van der Waals surface area contributed by atoms with Gasteiger partial charge in [0.1, 0.15) is 11.3 Å². The first-order valence-corrected chi connectivity index (χ1v) is 9.98. The van der Waals surface area contributed by atoms with Crippen LogP contribution in [0.5, 0.6) is 0 Å². The third-order valence-electron chi connectivity index (χ3n) is 4.43. The Kier molecular flexibility index (Phi) is 7.70. The summed E-state index contributed by atoms with van der Waals surface area (Å²) >= 11 is 0. The van der Waals surface area contributed by atoms with Crippen molar-refractivity contribution in [2.75, 3.05) is 7.11 Å². The van der Waals surface area contributed by atoms with E-state index in [4.69, 9.17) is 9.47 Å². The summed E-state index contributed by atoms with van der Waals surface area (Å²) in [4.78, 5) is 48.5. The van der Waals surface area contributed by atoms with E-state index < -0.39 is 17.7 Å². The lowest BCUT2D eigenvalue weighted by molar-refractivity contribution is -0.136. The first-order valence-electron chi connectivity index (χ1n) is 9.98. The van der Waals surface area contributed by atoms with Gasteiger partial charge < -0.3 is 9.47 Å². The molecule has 0 aliphatic heterocycles. The van der Waals surface area contributed by atoms with Crippen LogP contribution in [0.4, 0.5) is 4.79 Å². The third-order valence-corrected chi connectivity index (χ3v) is 4.43. The molecule has 32 heavy (non-hydrogen) atoms. The minimum atomic E-state index is -0.823. The Hall–Kier alpha value is -3.74. The smallest absolute Gasteiger partial charge is 0.412 e. The lowest BCUT2D eigenvalue weighted by Crippen LogP contribution is -2.35. The number of alkyl carbamates (subject to hydrolysis) is 1. The van der Waals surface area contributed by atoms with Crippen molar-refractivity contribution in [1.82, 2.24) is 5.32 Å². The summed E-state index contributed by atoms with van der Waals surface area (Å²) in [6.07, 6.45) is -0.823. The minimum absolute atomic E-state index is 0.104. The van der Waals surface area contributed by atoms with Crippen molar-refractivity contribution in [2.24, 2.45) is 0 Å². The molecule has 0 aliphatic rings. The SMILES string of the molecule is COC(=O)C(NC(=O)OC(C)(C)C)=C(c1ccc(C(C)=O)cc1)c1ccc(C(C)=O)cc1. The first kappa shape index (κ1) is 24.5. The molecule has 0 bridgehead atoms. The summed E-state index contributed by atoms with van der Waals surface area (Å²) < 4.78 is 10.2. The molecule has 2 aromatic rings. The van der Waals surface area contributed by atoms with Crippen LogP contribution in [0.15, 0.2) is 54.2 Å². The third kappa shape index (κ3) is 6.38. The molecule has 0 saturated carbocycles. The van der Waals surface area contributed by atoms with Crippen LogP contribution < -0.4 is 5.32 Å². The van der Waals surface area contributed by atoms with Crippen LogP contribution in [0.3, 0.4) is 0 Å². The molecule has 2 rings (SSSR count). The molecule has 0 heterocycles. The van der Waals surface area contributed by atoms with Crippen molar-refractivity contribution in [2.45, 2.75) is 40.2 Å². The largest absolute Gasteiger partial charge is 0.464 e. The van der Waals surface area contributed by atoms with Crippen LogP contribution >= 0.6 is 0 Å². The van der Waals surface area contributed by atoms with E-state index in [1.807, 2.05) is 0 Å². The van der Waals surface area contributed by atoms with Gasteiger partial charge >= 0.3 is 12.1 Å². The number of nitrogens with one attached hydrogen (secondary N) is 1. The highest BCUT2D eigenvalue weighted by molar-refractivity contribution is 6.04. The van der Waals surface area contributed by atoms with Gasteiger partial charge in [0.2, 0.25) is 0 Å². The Bertz CT molecular complexity index is 998. The Morgan fingerprint density at radius 3 is 1.41 bits per heavy atom. The van der Waals surface area contributed by atoms with Crippen molar-refractivity contribution >= 4 is 29.2 Å². The second-order valence-electron chi connectivity index (χ2n) is 8.14. The zero-order valence-electron chi connectivity index (χ0n) is 19.1. The topological polar surface area (TPSA) is 98.8 Å². The number of Topliss-reactive ketones (excluding diaryl/α,β-unsaturated/α-hetero) is 2. The molecule has 2 aromatic carbocycles. The lowest BCUT2D eigenvalue weighted by atomic mass is 9.93. The molecular formula is C25H27NO6. The van der Waals surface area contributed by atoms with E-state index in [1.165, 1.54) is 21.0 Å². The van der Waals surface area contributed by atoms with E-state index in [0.717, 1.165) is 0 Å². The molecule has 0 radical (unpaired) electrons. The predicted molar refractivity (Wildman–Crippen MR) is 120 cm³/mol. The molecule has 7 nitrogen and oxygen atoms in total. The number of esters is 1. The maximum atomic E-state index is 12.7. The highest BCUT2D eigenvalue weighted by Crippen LogP contribution is 2.28. The number of amides is 1. The molecule has 0 unspecified atom stereocenters. The van der Waals surface area contributed by atoms with E-state index in [0.29, 0.717) is 27.8 Å². The molecule has 0 fully saturated rings. The summed E-state index contributed by atoms with van der Waals surface area (Å²) in [5.41, 5.74) is 1.56. The van der Waals surface area contributed by atoms with Crippen molar-refractivity contribution in [3.8, 4) is 0 Å². The normalized spacial score (nSPS) is 10.7. The number of ketones is 2. The standard InChI is InChI=1S/C25H27NO6/c1-15(27)17-7-11-19(12-8-17)21(20-13-9-18(10-14-20)16(2)28)22(23(29)31-6)26-24(30)32-25(3,4)5/h7-14H,1-6H3,(H,26,30). The molecule has 1 amide bonds. The molecule has 0 saturated heterocycles. The summed E-state index contributed by atoms with van der Waals surface area (Å²) in [7, 11) is 1.20. The second kappa shape index (κ2) is 10.0. The molecular weight excluding hydrogens is 410 g/mol. The summed E-state index contributed by atoms with van der Waals surface area (Å²) in [6, 6.07) is 13.2. The van der Waals surface area contributed by atoms with Gasteiger partial charge in [-0.25, -0.2) is 9.59 Å². The van der Waals surface area contributed by atoms with Crippen molar-refractivity contribution in [1.29, 1.82) is 0 Å². The first-order chi connectivity index (χ1) is 14.9. The predicted octanol–water partition coefficient (Wildman–Crippen LogP) is 4.55. The molecule has 0 atom stereocenters. The molecule has 0 aliphatic carbocycles. The van der Waals surface area contributed by atoms with E-state index in [-0.39, 0.29) is 17.3 Å². The van der Waals surface area contributed by atoms with Crippen LogP contribution in [-0.2, 0) is 14.3 Å². The number of methoxy groups -OCH3 is 1. The number of carbonyl (C=O) groups excluding carboxylic acids is 4. The average molecular weight is 437 g/mol. The zero-order chi connectivity index (χ0) is 24.1. The van der Waals surface area contributed by atoms with Gasteiger partial charge in [-0.3, -0.25) is 14.9 Å². The number of hydrogen-bond acceptors (Lipinski definition) is 6. The van der Waals surface area contributed by atoms with Crippen LogP contribution in [0.2, 0.25) is 0 Å². The Morgan fingerprint density at radius 2 is 1.09 bits per heavy atom. The maximum absolute atomic E-state index is 12.7. The van der Waals surface area contributed by atoms with E-state index in [1.54, 1.807) is 69.3 Å². The zero-order valence-corrected chi connectivity index (χ0v) is 19.1. The maximum Gasteiger partial charge on any atom is 0.412 e. The lowest BCUT2D eigenvalue weighted by Gasteiger charge is -2.21. The molecule has 0 aromatic heterocycles. The molecule has 0 spiro atoms. The van der Waals surface area contributed by atoms with Gasteiger partial charge in [-0.1, -0.05) is 48.5 Å². The minimum Gasteiger partial charge on any atom is -0.464 e. The average Bonchev–Trinajstić information content (AvgIpc) is 2.72.